The van der Waals surface area contributed by atoms with Crippen LogP contribution in [0, 0.1) is 12.1 Å². The van der Waals surface area contributed by atoms with Gasteiger partial charge in [0.2, 0.25) is 0 Å². The molecule has 0 atom stereocenters. The number of aromatic nitrogens is 3. The Morgan fingerprint density at radius 1 is 1.14 bits per heavy atom. The van der Waals surface area contributed by atoms with Crippen LogP contribution in [0.25, 0.3) is 11.0 Å². The van der Waals surface area contributed by atoms with Crippen molar-refractivity contribution in [1.82, 2.24) is 19.6 Å². The van der Waals surface area contributed by atoms with E-state index >= 15 is 0 Å². The zero-order chi connectivity index (χ0) is 19.3. The van der Waals surface area contributed by atoms with Crippen LogP contribution in [0.3, 0.4) is 0 Å². The molecule has 1 saturated heterocycles. The number of thioether (sulfide) groups is 2. The van der Waals surface area contributed by atoms with Gasteiger partial charge in [0.15, 0.2) is 5.16 Å². The summed E-state index contributed by atoms with van der Waals surface area (Å²) in [6.07, 6.45) is 1.86. The molecule has 148 valence electrons. The van der Waals surface area contributed by atoms with E-state index in [1.165, 1.54) is 22.2 Å². The summed E-state index contributed by atoms with van der Waals surface area (Å²) in [5.41, 5.74) is 3.54. The minimum atomic E-state index is 0.479. The maximum Gasteiger partial charge on any atom is 0.164 e. The summed E-state index contributed by atoms with van der Waals surface area (Å²) in [6, 6.07) is 9.50. The first-order chi connectivity index (χ1) is 13.7. The van der Waals surface area contributed by atoms with Crippen LogP contribution < -0.4 is 0 Å². The van der Waals surface area contributed by atoms with Crippen molar-refractivity contribution in [3.63, 3.8) is 0 Å². The van der Waals surface area contributed by atoms with Crippen LogP contribution in [0.5, 0.6) is 0 Å². The topological polar surface area (TPSA) is 66.2 Å². The largest absolute Gasteiger partial charge is 0.804 e. The van der Waals surface area contributed by atoms with Gasteiger partial charge in [-0.15, -0.1) is 11.8 Å². The fourth-order valence-corrected chi connectivity index (χ4v) is 5.17. The summed E-state index contributed by atoms with van der Waals surface area (Å²) in [4.78, 5) is 12.7. The first kappa shape index (κ1) is 19.6. The quantitative estimate of drug-likeness (QED) is 0.544. The van der Waals surface area contributed by atoms with Gasteiger partial charge in [0.25, 0.3) is 0 Å². The normalized spacial score (nSPS) is 15.3. The summed E-state index contributed by atoms with van der Waals surface area (Å²) in [5.74, 6) is 1.68. The van der Waals surface area contributed by atoms with Gasteiger partial charge in [0, 0.05) is 42.2 Å². The Morgan fingerprint density at radius 3 is 2.79 bits per heavy atom. The van der Waals surface area contributed by atoms with Crippen LogP contribution in [-0.4, -0.2) is 58.2 Å². The number of hydrogen-bond donors (Lipinski definition) is 0. The number of benzene rings is 1. The molecule has 2 aromatic heterocycles. The minimum Gasteiger partial charge on any atom is -0.804 e. The van der Waals surface area contributed by atoms with Crippen molar-refractivity contribution in [3.8, 4) is 0 Å². The second-order valence-corrected chi connectivity index (χ2v) is 8.73. The molecule has 28 heavy (non-hydrogen) atoms. The van der Waals surface area contributed by atoms with Crippen molar-refractivity contribution in [2.24, 2.45) is 0 Å². The molecule has 1 aliphatic heterocycles. The molecule has 4 rings (SSSR count). The van der Waals surface area contributed by atoms with Gasteiger partial charge in [-0.1, -0.05) is 23.9 Å². The SMILES string of the molecule is Cc1c(SCCN2CCOCC2)ccnc1CSc1nc2ccccc2n1[O-]. The lowest BCUT2D eigenvalue weighted by atomic mass is 10.2. The lowest BCUT2D eigenvalue weighted by Crippen LogP contribution is -2.37. The van der Waals surface area contributed by atoms with Crippen LogP contribution in [0.1, 0.15) is 11.3 Å². The van der Waals surface area contributed by atoms with Gasteiger partial charge < -0.3 is 14.7 Å². The van der Waals surface area contributed by atoms with Gasteiger partial charge in [-0.05, 0) is 30.7 Å². The summed E-state index contributed by atoms with van der Waals surface area (Å²) in [5, 5.41) is 12.9. The van der Waals surface area contributed by atoms with E-state index in [1.807, 2.05) is 36.2 Å². The van der Waals surface area contributed by atoms with Crippen molar-refractivity contribution in [2.75, 3.05) is 38.6 Å². The highest BCUT2D eigenvalue weighted by molar-refractivity contribution is 7.99. The van der Waals surface area contributed by atoms with E-state index in [4.69, 9.17) is 4.74 Å². The lowest BCUT2D eigenvalue weighted by molar-refractivity contribution is 0.0410. The molecule has 0 amide bonds. The van der Waals surface area contributed by atoms with Crippen LogP contribution in [0.2, 0.25) is 0 Å². The maximum atomic E-state index is 12.4. The Balaban J connectivity index is 1.38. The number of fused-ring (bicyclic) bond motifs is 1. The molecule has 6 nitrogen and oxygen atoms in total. The predicted octanol–water partition coefficient (Wildman–Crippen LogP) is 3.80. The van der Waals surface area contributed by atoms with Crippen LogP contribution in [-0.2, 0) is 10.5 Å². The Hall–Kier alpha value is -1.74. The third-order valence-electron chi connectivity index (χ3n) is 4.86. The van der Waals surface area contributed by atoms with Gasteiger partial charge in [-0.2, -0.15) is 0 Å². The summed E-state index contributed by atoms with van der Waals surface area (Å²) in [6.45, 7) is 6.90. The number of pyridine rings is 1. The Bertz CT molecular complexity index is 941. The number of hydrogen-bond acceptors (Lipinski definition) is 7. The van der Waals surface area contributed by atoms with Crippen molar-refractivity contribution < 1.29 is 4.74 Å². The number of rotatable bonds is 7. The van der Waals surface area contributed by atoms with Crippen LogP contribution in [0.15, 0.2) is 46.6 Å². The molecule has 1 aromatic carbocycles. The van der Waals surface area contributed by atoms with Crippen molar-refractivity contribution in [3.05, 3.63) is 53.0 Å². The second kappa shape index (κ2) is 9.17. The average molecular weight is 416 g/mol. The summed E-state index contributed by atoms with van der Waals surface area (Å²) < 4.78 is 6.31. The van der Waals surface area contributed by atoms with E-state index in [0.717, 1.165) is 54.5 Å². The Kier molecular flexibility index (Phi) is 6.41. The molecule has 0 saturated carbocycles. The predicted molar refractivity (Wildman–Crippen MR) is 115 cm³/mol. The molecule has 0 aliphatic carbocycles. The lowest BCUT2D eigenvalue weighted by Gasteiger charge is -2.26. The molecule has 1 aliphatic rings. The molecular weight excluding hydrogens is 392 g/mol. The van der Waals surface area contributed by atoms with Crippen LogP contribution in [0.4, 0.5) is 0 Å². The molecule has 3 aromatic rings. The first-order valence-corrected chi connectivity index (χ1v) is 11.3. The molecule has 1 fully saturated rings. The van der Waals surface area contributed by atoms with Gasteiger partial charge in [0.1, 0.15) is 0 Å². The molecule has 0 unspecified atom stereocenters. The summed E-state index contributed by atoms with van der Waals surface area (Å²) >= 11 is 3.31. The Labute approximate surface area is 173 Å². The molecule has 0 radical (unpaired) electrons. The molecule has 0 N–H and O–H groups in total. The highest BCUT2D eigenvalue weighted by atomic mass is 32.2. The minimum absolute atomic E-state index is 0.479. The number of morpholine rings is 1. The van der Waals surface area contributed by atoms with E-state index < -0.39 is 0 Å². The number of nitrogens with zero attached hydrogens (tertiary/aromatic N) is 4. The highest BCUT2D eigenvalue weighted by Gasteiger charge is 2.12. The van der Waals surface area contributed by atoms with Gasteiger partial charge in [0.05, 0.1) is 29.9 Å². The smallest absolute Gasteiger partial charge is 0.164 e. The zero-order valence-corrected chi connectivity index (χ0v) is 17.5. The summed E-state index contributed by atoms with van der Waals surface area (Å²) in [7, 11) is 0. The number of para-hydroxylation sites is 2. The highest BCUT2D eigenvalue weighted by Crippen LogP contribution is 2.29. The average Bonchev–Trinajstić information content (AvgIpc) is 3.05. The molecule has 3 heterocycles. The fraction of sp³-hybridized carbons (Fsp3) is 0.400. The fourth-order valence-electron chi connectivity index (χ4n) is 3.18. The van der Waals surface area contributed by atoms with E-state index in [9.17, 15) is 5.21 Å². The number of ether oxygens (including phenoxy) is 1. The number of imidazole rings is 1. The van der Waals surface area contributed by atoms with Crippen molar-refractivity contribution >= 4 is 34.6 Å². The van der Waals surface area contributed by atoms with Gasteiger partial charge >= 0.3 is 0 Å². The van der Waals surface area contributed by atoms with E-state index in [1.54, 1.807) is 6.07 Å². The van der Waals surface area contributed by atoms with E-state index in [2.05, 4.69) is 27.9 Å². The van der Waals surface area contributed by atoms with Crippen molar-refractivity contribution in [1.29, 1.82) is 0 Å². The standard InChI is InChI=1S/C20H23N4O2S2/c1-15-17(14-28-20-22-16-4-2-3-5-18(16)24(20)25)21-7-6-19(15)27-13-10-23-8-11-26-12-9-23/h2-7H,8-14H2,1H3/q-1. The van der Waals surface area contributed by atoms with Crippen LogP contribution >= 0.6 is 23.5 Å². The molecular formula is C20H23N4O2S2-. The van der Waals surface area contributed by atoms with Gasteiger partial charge in [-0.3, -0.25) is 9.88 Å². The Morgan fingerprint density at radius 2 is 1.96 bits per heavy atom. The zero-order valence-electron chi connectivity index (χ0n) is 15.8. The molecule has 8 heteroatoms. The van der Waals surface area contributed by atoms with E-state index in [0.29, 0.717) is 16.4 Å². The first-order valence-electron chi connectivity index (χ1n) is 9.37. The molecule has 0 bridgehead atoms. The second-order valence-electron chi connectivity index (χ2n) is 6.65. The van der Waals surface area contributed by atoms with Gasteiger partial charge in [-0.25, -0.2) is 4.98 Å². The van der Waals surface area contributed by atoms with Crippen molar-refractivity contribution in [2.45, 2.75) is 22.7 Å². The maximum absolute atomic E-state index is 12.4. The molecule has 0 spiro atoms. The third kappa shape index (κ3) is 4.46. The monoisotopic (exact) mass is 415 g/mol. The third-order valence-corrected chi connectivity index (χ3v) is 6.93. The van der Waals surface area contributed by atoms with E-state index in [-0.39, 0.29) is 0 Å².